The molecule has 0 N–H and O–H groups in total. The van der Waals surface area contributed by atoms with Crippen molar-refractivity contribution >= 4 is 0 Å². The predicted molar refractivity (Wildman–Crippen MR) is 91.2 cm³/mol. The number of benzene rings is 1. The van der Waals surface area contributed by atoms with Crippen LogP contribution in [0.3, 0.4) is 0 Å². The lowest BCUT2D eigenvalue weighted by Crippen LogP contribution is -2.25. The van der Waals surface area contributed by atoms with Gasteiger partial charge in [0.2, 0.25) is 0 Å². The summed E-state index contributed by atoms with van der Waals surface area (Å²) in [5.74, 6) is 0.673. The normalized spacial score (nSPS) is 16.7. The van der Waals surface area contributed by atoms with Gasteiger partial charge in [-0.25, -0.2) is 0 Å². The first-order chi connectivity index (χ1) is 9.32. The molecule has 0 amide bonds. The molecule has 0 radical (unpaired) electrons. The molecule has 0 spiro atoms. The summed E-state index contributed by atoms with van der Waals surface area (Å²) < 4.78 is 0. The van der Waals surface area contributed by atoms with E-state index in [1.807, 2.05) is 0 Å². The van der Waals surface area contributed by atoms with Crippen LogP contribution >= 0.6 is 0 Å². The molecule has 1 aromatic rings. The molecule has 0 aliphatic carbocycles. The van der Waals surface area contributed by atoms with Gasteiger partial charge in [-0.1, -0.05) is 84.7 Å². The van der Waals surface area contributed by atoms with Gasteiger partial charge >= 0.3 is 0 Å². The second-order valence-electron chi connectivity index (χ2n) is 7.71. The predicted octanol–water partition coefficient (Wildman–Crippen LogP) is 6.81. The Bertz CT molecular complexity index is 376. The quantitative estimate of drug-likeness (QED) is 0.488. The van der Waals surface area contributed by atoms with Gasteiger partial charge in [-0.15, -0.1) is 0 Å². The van der Waals surface area contributed by atoms with Crippen LogP contribution in [0.1, 0.15) is 85.1 Å². The third kappa shape index (κ3) is 5.31. The van der Waals surface area contributed by atoms with E-state index in [0.29, 0.717) is 16.7 Å². The molecule has 1 rings (SSSR count). The second kappa shape index (κ2) is 7.29. The molecule has 114 valence electrons. The molecule has 0 nitrogen and oxygen atoms in total. The van der Waals surface area contributed by atoms with Crippen LogP contribution in [0.15, 0.2) is 30.3 Å². The summed E-state index contributed by atoms with van der Waals surface area (Å²) in [7, 11) is 0. The molecular formula is C20H34. The van der Waals surface area contributed by atoms with Crippen molar-refractivity contribution in [2.24, 2.45) is 10.8 Å². The Balaban J connectivity index is 2.60. The third-order valence-corrected chi connectivity index (χ3v) is 5.27. The van der Waals surface area contributed by atoms with Gasteiger partial charge in [-0.05, 0) is 41.6 Å². The van der Waals surface area contributed by atoms with Crippen molar-refractivity contribution in [3.8, 4) is 0 Å². The first-order valence-electron chi connectivity index (χ1n) is 8.37. The van der Waals surface area contributed by atoms with Crippen LogP contribution < -0.4 is 0 Å². The zero-order valence-corrected chi connectivity index (χ0v) is 14.5. The van der Waals surface area contributed by atoms with Gasteiger partial charge in [0.05, 0.1) is 0 Å². The summed E-state index contributed by atoms with van der Waals surface area (Å²) in [6.45, 7) is 14.4. The fraction of sp³-hybridized carbons (Fsp3) is 0.700. The average molecular weight is 274 g/mol. The number of hydrogen-bond acceptors (Lipinski definition) is 0. The van der Waals surface area contributed by atoms with Crippen LogP contribution in [-0.2, 0) is 0 Å². The summed E-state index contributed by atoms with van der Waals surface area (Å²) in [6.07, 6.45) is 6.54. The molecule has 0 aliphatic rings. The van der Waals surface area contributed by atoms with Gasteiger partial charge < -0.3 is 0 Å². The van der Waals surface area contributed by atoms with Gasteiger partial charge in [0.15, 0.2) is 0 Å². The Morgan fingerprint density at radius 2 is 1.55 bits per heavy atom. The Morgan fingerprint density at radius 3 is 2.05 bits per heavy atom. The first-order valence-corrected chi connectivity index (χ1v) is 8.37. The molecule has 0 heterocycles. The Hall–Kier alpha value is -0.780. The zero-order chi connectivity index (χ0) is 15.2. The fourth-order valence-corrected chi connectivity index (χ4v) is 3.18. The fourth-order valence-electron chi connectivity index (χ4n) is 3.18. The molecule has 1 aromatic carbocycles. The van der Waals surface area contributed by atoms with Gasteiger partial charge in [0.1, 0.15) is 0 Å². The van der Waals surface area contributed by atoms with Crippen molar-refractivity contribution in [2.75, 3.05) is 0 Å². The van der Waals surface area contributed by atoms with Crippen molar-refractivity contribution in [1.29, 1.82) is 0 Å². The van der Waals surface area contributed by atoms with Gasteiger partial charge in [-0.3, -0.25) is 0 Å². The van der Waals surface area contributed by atoms with E-state index < -0.39 is 0 Å². The summed E-state index contributed by atoms with van der Waals surface area (Å²) in [6, 6.07) is 11.0. The summed E-state index contributed by atoms with van der Waals surface area (Å²) >= 11 is 0. The summed E-state index contributed by atoms with van der Waals surface area (Å²) in [4.78, 5) is 0. The second-order valence-corrected chi connectivity index (χ2v) is 7.71. The van der Waals surface area contributed by atoms with Crippen molar-refractivity contribution in [1.82, 2.24) is 0 Å². The maximum Gasteiger partial charge on any atom is -0.0190 e. The van der Waals surface area contributed by atoms with E-state index in [2.05, 4.69) is 71.9 Å². The van der Waals surface area contributed by atoms with Crippen LogP contribution in [0, 0.1) is 10.8 Å². The minimum absolute atomic E-state index is 0.473. The van der Waals surface area contributed by atoms with E-state index >= 15 is 0 Å². The minimum Gasteiger partial charge on any atom is -0.0649 e. The van der Waals surface area contributed by atoms with Crippen LogP contribution in [-0.4, -0.2) is 0 Å². The maximum atomic E-state index is 2.49. The zero-order valence-electron chi connectivity index (χ0n) is 14.5. The lowest BCUT2D eigenvalue weighted by atomic mass is 9.68. The molecular weight excluding hydrogens is 240 g/mol. The van der Waals surface area contributed by atoms with E-state index in [0.717, 1.165) is 0 Å². The first kappa shape index (κ1) is 17.3. The SMILES string of the molecule is CCC(C)(C)CC(C)(CC)CCC(C)c1ccccc1. The molecule has 0 saturated heterocycles. The van der Waals surface area contributed by atoms with Crippen LogP contribution in [0.5, 0.6) is 0 Å². The van der Waals surface area contributed by atoms with Crippen LogP contribution in [0.2, 0.25) is 0 Å². The minimum atomic E-state index is 0.473. The van der Waals surface area contributed by atoms with Crippen molar-refractivity contribution in [3.05, 3.63) is 35.9 Å². The van der Waals surface area contributed by atoms with Crippen LogP contribution in [0.25, 0.3) is 0 Å². The largest absolute Gasteiger partial charge is 0.0649 e. The van der Waals surface area contributed by atoms with Gasteiger partial charge in [0, 0.05) is 0 Å². The molecule has 0 aliphatic heterocycles. The summed E-state index contributed by atoms with van der Waals surface area (Å²) in [5.41, 5.74) is 2.45. The average Bonchev–Trinajstić information content (AvgIpc) is 2.45. The highest BCUT2D eigenvalue weighted by molar-refractivity contribution is 5.18. The lowest BCUT2D eigenvalue weighted by molar-refractivity contribution is 0.147. The molecule has 2 atom stereocenters. The van der Waals surface area contributed by atoms with Crippen molar-refractivity contribution in [2.45, 2.75) is 79.6 Å². The summed E-state index contributed by atoms with van der Waals surface area (Å²) in [5, 5.41) is 0. The smallest absolute Gasteiger partial charge is 0.0190 e. The van der Waals surface area contributed by atoms with Crippen molar-refractivity contribution in [3.63, 3.8) is 0 Å². The molecule has 0 saturated carbocycles. The number of hydrogen-bond donors (Lipinski definition) is 0. The standard InChI is InChI=1S/C20H34/c1-7-19(4,5)16-20(6,8-2)15-14-17(3)18-12-10-9-11-13-18/h9-13,17H,7-8,14-16H2,1-6H3. The highest BCUT2D eigenvalue weighted by Crippen LogP contribution is 2.42. The van der Waals surface area contributed by atoms with E-state index in [4.69, 9.17) is 0 Å². The topological polar surface area (TPSA) is 0 Å². The van der Waals surface area contributed by atoms with E-state index in [1.165, 1.54) is 37.7 Å². The maximum absolute atomic E-state index is 2.49. The number of rotatable bonds is 8. The third-order valence-electron chi connectivity index (χ3n) is 5.27. The van der Waals surface area contributed by atoms with Crippen molar-refractivity contribution < 1.29 is 0 Å². The molecule has 0 bridgehead atoms. The Morgan fingerprint density at radius 1 is 0.950 bits per heavy atom. The Kier molecular flexibility index (Phi) is 6.30. The van der Waals surface area contributed by atoms with Gasteiger partial charge in [0.25, 0.3) is 0 Å². The molecule has 2 unspecified atom stereocenters. The van der Waals surface area contributed by atoms with Gasteiger partial charge in [-0.2, -0.15) is 0 Å². The molecule has 0 heteroatoms. The lowest BCUT2D eigenvalue weighted by Gasteiger charge is -2.37. The van der Waals surface area contributed by atoms with E-state index in [-0.39, 0.29) is 0 Å². The van der Waals surface area contributed by atoms with E-state index in [9.17, 15) is 0 Å². The monoisotopic (exact) mass is 274 g/mol. The molecule has 0 fully saturated rings. The highest BCUT2D eigenvalue weighted by Gasteiger charge is 2.30. The Labute approximate surface area is 127 Å². The highest BCUT2D eigenvalue weighted by atomic mass is 14.4. The molecule has 20 heavy (non-hydrogen) atoms. The van der Waals surface area contributed by atoms with Crippen LogP contribution in [0.4, 0.5) is 0 Å². The van der Waals surface area contributed by atoms with E-state index in [1.54, 1.807) is 0 Å². The molecule has 0 aromatic heterocycles.